The second-order valence-corrected chi connectivity index (χ2v) is 5.79. The molecule has 2 aromatic rings. The Labute approximate surface area is 129 Å². The lowest BCUT2D eigenvalue weighted by Gasteiger charge is -2.42. The molecule has 3 nitrogen and oxygen atoms in total. The largest absolute Gasteiger partial charge is 0.337 e. The number of urea groups is 1. The van der Waals surface area contributed by atoms with E-state index in [1.165, 1.54) is 18.1 Å². The van der Waals surface area contributed by atoms with E-state index in [2.05, 4.69) is 22.8 Å². The zero-order chi connectivity index (χ0) is 15.4. The SMILES string of the molecule is O=C(NCC1(c2ccccc2)CCC1)Nc1ccccc1F. The third-order valence-corrected chi connectivity index (χ3v) is 4.41. The van der Waals surface area contributed by atoms with Gasteiger partial charge in [-0.05, 0) is 30.5 Å². The van der Waals surface area contributed by atoms with Crippen LogP contribution in [0.1, 0.15) is 24.8 Å². The second kappa shape index (κ2) is 6.18. The van der Waals surface area contributed by atoms with Crippen LogP contribution < -0.4 is 10.6 Å². The van der Waals surface area contributed by atoms with Gasteiger partial charge in [-0.15, -0.1) is 0 Å². The van der Waals surface area contributed by atoms with Crippen LogP contribution in [0, 0.1) is 5.82 Å². The smallest absolute Gasteiger partial charge is 0.319 e. The quantitative estimate of drug-likeness (QED) is 0.877. The van der Waals surface area contributed by atoms with Gasteiger partial charge in [-0.1, -0.05) is 48.9 Å². The number of amides is 2. The molecule has 22 heavy (non-hydrogen) atoms. The molecule has 1 fully saturated rings. The first-order valence-corrected chi connectivity index (χ1v) is 7.55. The normalized spacial score (nSPS) is 15.7. The molecule has 0 saturated heterocycles. The molecular weight excluding hydrogens is 279 g/mol. The number of hydrogen-bond acceptors (Lipinski definition) is 1. The van der Waals surface area contributed by atoms with Crippen molar-refractivity contribution in [3.8, 4) is 0 Å². The molecule has 1 aliphatic carbocycles. The van der Waals surface area contributed by atoms with E-state index in [4.69, 9.17) is 0 Å². The summed E-state index contributed by atoms with van der Waals surface area (Å²) in [7, 11) is 0. The summed E-state index contributed by atoms with van der Waals surface area (Å²) < 4.78 is 13.5. The van der Waals surface area contributed by atoms with Gasteiger partial charge >= 0.3 is 6.03 Å². The lowest BCUT2D eigenvalue weighted by molar-refractivity contribution is 0.222. The number of nitrogens with one attached hydrogen (secondary N) is 2. The third-order valence-electron chi connectivity index (χ3n) is 4.41. The van der Waals surface area contributed by atoms with Gasteiger partial charge in [-0.25, -0.2) is 9.18 Å². The monoisotopic (exact) mass is 298 g/mol. The second-order valence-electron chi connectivity index (χ2n) is 5.79. The van der Waals surface area contributed by atoms with Crippen molar-refractivity contribution in [2.45, 2.75) is 24.7 Å². The minimum Gasteiger partial charge on any atom is -0.337 e. The number of halogens is 1. The van der Waals surface area contributed by atoms with Gasteiger partial charge in [0.15, 0.2) is 0 Å². The summed E-state index contributed by atoms with van der Waals surface area (Å²) in [4.78, 5) is 12.0. The van der Waals surface area contributed by atoms with Gasteiger partial charge in [-0.3, -0.25) is 0 Å². The van der Waals surface area contributed by atoms with Crippen LogP contribution in [-0.2, 0) is 5.41 Å². The molecular formula is C18H19FN2O. The zero-order valence-electron chi connectivity index (χ0n) is 12.3. The molecule has 0 aliphatic heterocycles. The fourth-order valence-electron chi connectivity index (χ4n) is 2.94. The Morgan fingerprint density at radius 1 is 1.05 bits per heavy atom. The maximum absolute atomic E-state index is 13.5. The minimum atomic E-state index is -0.431. The van der Waals surface area contributed by atoms with E-state index < -0.39 is 5.82 Å². The molecule has 0 aromatic heterocycles. The van der Waals surface area contributed by atoms with Gasteiger partial charge in [0.2, 0.25) is 0 Å². The molecule has 4 heteroatoms. The molecule has 2 N–H and O–H groups in total. The summed E-state index contributed by atoms with van der Waals surface area (Å²) in [6.45, 7) is 0.567. The van der Waals surface area contributed by atoms with Crippen LogP contribution in [0.5, 0.6) is 0 Å². The van der Waals surface area contributed by atoms with Gasteiger partial charge in [0.25, 0.3) is 0 Å². The molecule has 2 aromatic carbocycles. The molecule has 0 unspecified atom stereocenters. The van der Waals surface area contributed by atoms with E-state index in [-0.39, 0.29) is 17.1 Å². The number of benzene rings is 2. The average molecular weight is 298 g/mol. The van der Waals surface area contributed by atoms with E-state index in [0.29, 0.717) is 6.54 Å². The lowest BCUT2D eigenvalue weighted by atomic mass is 9.64. The summed E-state index contributed by atoms with van der Waals surface area (Å²) in [5.74, 6) is -0.431. The van der Waals surface area contributed by atoms with E-state index in [1.54, 1.807) is 18.2 Å². The third kappa shape index (κ3) is 2.96. The number of carbonyl (C=O) groups is 1. The van der Waals surface area contributed by atoms with Crippen LogP contribution in [0.15, 0.2) is 54.6 Å². The number of rotatable bonds is 4. The summed E-state index contributed by atoms with van der Waals surface area (Å²) in [6, 6.07) is 16.0. The summed E-state index contributed by atoms with van der Waals surface area (Å²) in [5, 5.41) is 5.44. The zero-order valence-corrected chi connectivity index (χ0v) is 12.3. The summed E-state index contributed by atoms with van der Waals surface area (Å²) in [5.41, 5.74) is 1.48. The minimum absolute atomic E-state index is 0.0217. The first kappa shape index (κ1) is 14.6. The van der Waals surface area contributed by atoms with Crippen molar-refractivity contribution in [1.82, 2.24) is 5.32 Å². The molecule has 0 heterocycles. The van der Waals surface area contributed by atoms with Crippen molar-refractivity contribution in [3.05, 3.63) is 66.0 Å². The first-order chi connectivity index (χ1) is 10.7. The highest BCUT2D eigenvalue weighted by Gasteiger charge is 2.38. The Morgan fingerprint density at radius 3 is 2.36 bits per heavy atom. The van der Waals surface area contributed by atoms with Crippen LogP contribution in [-0.4, -0.2) is 12.6 Å². The van der Waals surface area contributed by atoms with Crippen LogP contribution in [0.4, 0.5) is 14.9 Å². The summed E-state index contributed by atoms with van der Waals surface area (Å²) in [6.07, 6.45) is 3.31. The molecule has 114 valence electrons. The maximum Gasteiger partial charge on any atom is 0.319 e. The highest BCUT2D eigenvalue weighted by atomic mass is 19.1. The molecule has 0 bridgehead atoms. The standard InChI is InChI=1S/C18H19FN2O/c19-15-9-4-5-10-16(15)21-17(22)20-13-18(11-6-12-18)14-7-2-1-3-8-14/h1-5,7-10H,6,11-13H2,(H2,20,21,22). The predicted octanol–water partition coefficient (Wildman–Crippen LogP) is 4.07. The Morgan fingerprint density at radius 2 is 1.73 bits per heavy atom. The Kier molecular flexibility index (Phi) is 4.09. The predicted molar refractivity (Wildman–Crippen MR) is 85.4 cm³/mol. The first-order valence-electron chi connectivity index (χ1n) is 7.55. The lowest BCUT2D eigenvalue weighted by Crippen LogP contribution is -2.46. The molecule has 0 radical (unpaired) electrons. The van der Waals surface area contributed by atoms with E-state index in [9.17, 15) is 9.18 Å². The molecule has 1 saturated carbocycles. The van der Waals surface area contributed by atoms with Crippen molar-refractivity contribution in [1.29, 1.82) is 0 Å². The fraction of sp³-hybridized carbons (Fsp3) is 0.278. The average Bonchev–Trinajstić information content (AvgIpc) is 2.50. The molecule has 0 atom stereocenters. The highest BCUT2D eigenvalue weighted by Crippen LogP contribution is 2.43. The van der Waals surface area contributed by atoms with Crippen LogP contribution in [0.3, 0.4) is 0 Å². The van der Waals surface area contributed by atoms with Crippen molar-refractivity contribution >= 4 is 11.7 Å². The molecule has 0 spiro atoms. The molecule has 3 rings (SSSR count). The van der Waals surface area contributed by atoms with Gasteiger partial charge < -0.3 is 10.6 Å². The Balaban J connectivity index is 1.62. The maximum atomic E-state index is 13.5. The fourth-order valence-corrected chi connectivity index (χ4v) is 2.94. The highest BCUT2D eigenvalue weighted by molar-refractivity contribution is 5.89. The number of anilines is 1. The van der Waals surface area contributed by atoms with Crippen molar-refractivity contribution in [3.63, 3.8) is 0 Å². The van der Waals surface area contributed by atoms with Gasteiger partial charge in [0.05, 0.1) is 5.69 Å². The van der Waals surface area contributed by atoms with Gasteiger partial charge in [-0.2, -0.15) is 0 Å². The van der Waals surface area contributed by atoms with Crippen molar-refractivity contribution in [2.75, 3.05) is 11.9 Å². The molecule has 1 aliphatic rings. The van der Waals surface area contributed by atoms with E-state index in [1.807, 2.05) is 18.2 Å². The number of hydrogen-bond donors (Lipinski definition) is 2. The van der Waals surface area contributed by atoms with Gasteiger partial charge in [0, 0.05) is 12.0 Å². The molecule has 2 amide bonds. The Hall–Kier alpha value is -2.36. The van der Waals surface area contributed by atoms with Gasteiger partial charge in [0.1, 0.15) is 5.82 Å². The van der Waals surface area contributed by atoms with Crippen LogP contribution in [0.25, 0.3) is 0 Å². The van der Waals surface area contributed by atoms with Crippen molar-refractivity contribution < 1.29 is 9.18 Å². The van der Waals surface area contributed by atoms with E-state index in [0.717, 1.165) is 12.8 Å². The Bertz CT molecular complexity index is 653. The van der Waals surface area contributed by atoms with Crippen molar-refractivity contribution in [2.24, 2.45) is 0 Å². The van der Waals surface area contributed by atoms with Crippen LogP contribution in [0.2, 0.25) is 0 Å². The van der Waals surface area contributed by atoms with Crippen LogP contribution >= 0.6 is 0 Å². The van der Waals surface area contributed by atoms with E-state index >= 15 is 0 Å². The number of carbonyl (C=O) groups excluding carboxylic acids is 1. The summed E-state index contributed by atoms with van der Waals surface area (Å²) >= 11 is 0. The number of para-hydroxylation sites is 1. The topological polar surface area (TPSA) is 41.1 Å².